The van der Waals surface area contributed by atoms with Crippen molar-refractivity contribution in [3.63, 3.8) is 0 Å². The molecular formula is C18H14N2O. The molecule has 2 aromatic carbocycles. The monoisotopic (exact) mass is 274 g/mol. The molecule has 2 heterocycles. The van der Waals surface area contributed by atoms with E-state index < -0.39 is 0 Å². The normalized spacial score (nSPS) is 15.5. The summed E-state index contributed by atoms with van der Waals surface area (Å²) in [5.74, 6) is -0.0409. The number of amides is 1. The predicted octanol–water partition coefficient (Wildman–Crippen LogP) is 3.97. The quantitative estimate of drug-likeness (QED) is 0.648. The standard InChI is InChI=1S/C18H14N2O/c1-11-14(12-6-2-4-8-16(12)19-11)10-15-13-7-3-5-9-17(13)20-18(15)21/h2-10,19H,1H3,(H,20,21)/b15-10+. The highest BCUT2D eigenvalue weighted by Gasteiger charge is 2.24. The number of benzene rings is 2. The number of hydrogen-bond donors (Lipinski definition) is 2. The van der Waals surface area contributed by atoms with Crippen LogP contribution in [0.1, 0.15) is 16.8 Å². The summed E-state index contributed by atoms with van der Waals surface area (Å²) in [6.07, 6.45) is 1.98. The lowest BCUT2D eigenvalue weighted by Crippen LogP contribution is -2.03. The Labute approximate surface area is 122 Å². The summed E-state index contributed by atoms with van der Waals surface area (Å²) in [5.41, 5.74) is 5.80. The molecule has 0 atom stereocenters. The molecule has 102 valence electrons. The van der Waals surface area contributed by atoms with E-state index in [9.17, 15) is 4.79 Å². The summed E-state index contributed by atoms with van der Waals surface area (Å²) in [5, 5.41) is 4.05. The zero-order valence-corrected chi connectivity index (χ0v) is 11.6. The van der Waals surface area contributed by atoms with Gasteiger partial charge in [0.2, 0.25) is 0 Å². The fourth-order valence-electron chi connectivity index (χ4n) is 2.91. The van der Waals surface area contributed by atoms with Crippen LogP contribution in [0.15, 0.2) is 48.5 Å². The average molecular weight is 274 g/mol. The Morgan fingerprint density at radius 3 is 2.67 bits per heavy atom. The van der Waals surface area contributed by atoms with Gasteiger partial charge in [-0.25, -0.2) is 0 Å². The minimum atomic E-state index is -0.0409. The van der Waals surface area contributed by atoms with Crippen molar-refractivity contribution in [1.82, 2.24) is 4.98 Å². The van der Waals surface area contributed by atoms with Crippen LogP contribution < -0.4 is 5.32 Å². The maximum absolute atomic E-state index is 12.2. The van der Waals surface area contributed by atoms with Gasteiger partial charge in [-0.1, -0.05) is 36.4 Å². The van der Waals surface area contributed by atoms with Gasteiger partial charge in [-0.2, -0.15) is 0 Å². The van der Waals surface area contributed by atoms with E-state index in [1.807, 2.05) is 55.5 Å². The van der Waals surface area contributed by atoms with E-state index in [-0.39, 0.29) is 5.91 Å². The summed E-state index contributed by atoms with van der Waals surface area (Å²) >= 11 is 0. The molecule has 0 saturated heterocycles. The lowest BCUT2D eigenvalue weighted by atomic mass is 10.0. The van der Waals surface area contributed by atoms with Crippen molar-refractivity contribution in [3.8, 4) is 0 Å². The number of anilines is 1. The Balaban J connectivity index is 1.95. The maximum Gasteiger partial charge on any atom is 0.256 e. The van der Waals surface area contributed by atoms with Crippen molar-refractivity contribution in [2.75, 3.05) is 5.32 Å². The molecule has 3 nitrogen and oxygen atoms in total. The third-order valence-corrected chi connectivity index (χ3v) is 3.94. The van der Waals surface area contributed by atoms with Crippen molar-refractivity contribution < 1.29 is 4.79 Å². The Bertz CT molecular complexity index is 902. The summed E-state index contributed by atoms with van der Waals surface area (Å²) in [7, 11) is 0. The van der Waals surface area contributed by atoms with E-state index in [0.717, 1.165) is 39.0 Å². The average Bonchev–Trinajstić information content (AvgIpc) is 2.97. The molecule has 1 aromatic heterocycles. The number of aromatic amines is 1. The Kier molecular flexibility index (Phi) is 2.48. The first-order chi connectivity index (χ1) is 10.2. The Morgan fingerprint density at radius 2 is 1.76 bits per heavy atom. The molecule has 3 aromatic rings. The number of aromatic nitrogens is 1. The molecule has 0 spiro atoms. The fraction of sp³-hybridized carbons (Fsp3) is 0.0556. The van der Waals surface area contributed by atoms with Crippen molar-refractivity contribution in [2.45, 2.75) is 6.92 Å². The van der Waals surface area contributed by atoms with Crippen LogP contribution in [0.2, 0.25) is 0 Å². The molecule has 0 unspecified atom stereocenters. The largest absolute Gasteiger partial charge is 0.358 e. The van der Waals surface area contributed by atoms with Gasteiger partial charge in [-0.3, -0.25) is 4.79 Å². The lowest BCUT2D eigenvalue weighted by molar-refractivity contribution is -0.110. The minimum Gasteiger partial charge on any atom is -0.358 e. The number of rotatable bonds is 1. The van der Waals surface area contributed by atoms with Crippen LogP contribution >= 0.6 is 0 Å². The predicted molar refractivity (Wildman–Crippen MR) is 86.0 cm³/mol. The number of hydrogen-bond acceptors (Lipinski definition) is 1. The van der Waals surface area contributed by atoms with Crippen molar-refractivity contribution in [2.24, 2.45) is 0 Å². The first-order valence-corrected chi connectivity index (χ1v) is 6.94. The van der Waals surface area contributed by atoms with E-state index in [1.165, 1.54) is 0 Å². The van der Waals surface area contributed by atoms with Crippen LogP contribution in [0.4, 0.5) is 5.69 Å². The van der Waals surface area contributed by atoms with Gasteiger partial charge in [-0.05, 0) is 25.1 Å². The van der Waals surface area contributed by atoms with Crippen molar-refractivity contribution in [3.05, 3.63) is 65.4 Å². The molecule has 3 heteroatoms. The summed E-state index contributed by atoms with van der Waals surface area (Å²) in [6.45, 7) is 2.03. The van der Waals surface area contributed by atoms with Crippen LogP contribution in [0.5, 0.6) is 0 Å². The van der Waals surface area contributed by atoms with Crippen LogP contribution in [-0.2, 0) is 4.79 Å². The molecule has 21 heavy (non-hydrogen) atoms. The van der Waals surface area contributed by atoms with Gasteiger partial charge in [0.25, 0.3) is 5.91 Å². The second-order valence-corrected chi connectivity index (χ2v) is 5.27. The molecular weight excluding hydrogens is 260 g/mol. The van der Waals surface area contributed by atoms with Gasteiger partial charge in [0.05, 0.1) is 0 Å². The highest BCUT2D eigenvalue weighted by Crippen LogP contribution is 2.34. The van der Waals surface area contributed by atoms with Gasteiger partial charge in [0, 0.05) is 39.0 Å². The van der Waals surface area contributed by atoms with E-state index in [4.69, 9.17) is 0 Å². The molecule has 0 saturated carbocycles. The summed E-state index contributed by atoms with van der Waals surface area (Å²) < 4.78 is 0. The second kappa shape index (κ2) is 4.35. The molecule has 0 aliphatic carbocycles. The SMILES string of the molecule is Cc1[nH]c2ccccc2c1/C=C1/C(=O)Nc2ccccc21. The number of carbonyl (C=O) groups is 1. The maximum atomic E-state index is 12.2. The van der Waals surface area contributed by atoms with Crippen LogP contribution in [0.3, 0.4) is 0 Å². The first-order valence-electron chi connectivity index (χ1n) is 6.94. The first kappa shape index (κ1) is 12.0. The van der Waals surface area contributed by atoms with Crippen molar-refractivity contribution in [1.29, 1.82) is 0 Å². The zero-order valence-electron chi connectivity index (χ0n) is 11.6. The zero-order chi connectivity index (χ0) is 14.4. The number of fused-ring (bicyclic) bond motifs is 2. The number of carbonyl (C=O) groups excluding carboxylic acids is 1. The van der Waals surface area contributed by atoms with E-state index in [0.29, 0.717) is 0 Å². The third-order valence-electron chi connectivity index (χ3n) is 3.94. The Hall–Kier alpha value is -2.81. The molecule has 1 aliphatic rings. The Morgan fingerprint density at radius 1 is 1.00 bits per heavy atom. The van der Waals surface area contributed by atoms with Gasteiger partial charge >= 0.3 is 0 Å². The molecule has 0 bridgehead atoms. The summed E-state index contributed by atoms with van der Waals surface area (Å²) in [4.78, 5) is 15.6. The van der Waals surface area contributed by atoms with E-state index in [1.54, 1.807) is 0 Å². The smallest absolute Gasteiger partial charge is 0.256 e. The highest BCUT2D eigenvalue weighted by atomic mass is 16.2. The number of aryl methyl sites for hydroxylation is 1. The van der Waals surface area contributed by atoms with Crippen LogP contribution in [0.25, 0.3) is 22.6 Å². The number of H-pyrrole nitrogens is 1. The molecule has 0 radical (unpaired) electrons. The number of nitrogens with one attached hydrogen (secondary N) is 2. The van der Waals surface area contributed by atoms with Gasteiger partial charge < -0.3 is 10.3 Å². The topological polar surface area (TPSA) is 44.9 Å². The second-order valence-electron chi connectivity index (χ2n) is 5.27. The fourth-order valence-corrected chi connectivity index (χ4v) is 2.91. The molecule has 0 fully saturated rings. The van der Waals surface area contributed by atoms with E-state index in [2.05, 4.69) is 16.4 Å². The number of para-hydroxylation sites is 2. The molecule has 1 amide bonds. The van der Waals surface area contributed by atoms with Gasteiger partial charge in [-0.15, -0.1) is 0 Å². The van der Waals surface area contributed by atoms with Crippen molar-refractivity contribution >= 4 is 34.1 Å². The molecule has 1 aliphatic heterocycles. The van der Waals surface area contributed by atoms with Gasteiger partial charge in [0.1, 0.15) is 0 Å². The van der Waals surface area contributed by atoms with Gasteiger partial charge in [0.15, 0.2) is 0 Å². The molecule has 4 rings (SSSR count). The van der Waals surface area contributed by atoms with E-state index >= 15 is 0 Å². The molecule has 2 N–H and O–H groups in total. The third kappa shape index (κ3) is 1.78. The van der Waals surface area contributed by atoms with Crippen LogP contribution in [0, 0.1) is 6.92 Å². The highest BCUT2D eigenvalue weighted by molar-refractivity contribution is 6.35. The summed E-state index contributed by atoms with van der Waals surface area (Å²) in [6, 6.07) is 15.9. The van der Waals surface area contributed by atoms with Crippen LogP contribution in [-0.4, -0.2) is 10.9 Å². The minimum absolute atomic E-state index is 0.0409. The lowest BCUT2D eigenvalue weighted by Gasteiger charge is -1.99.